The van der Waals surface area contributed by atoms with Crippen molar-refractivity contribution < 1.29 is 9.47 Å². The van der Waals surface area contributed by atoms with Crippen LogP contribution in [0.1, 0.15) is 19.4 Å². The molecular weight excluding hydrogens is 529 g/mol. The predicted molar refractivity (Wildman–Crippen MR) is 137 cm³/mol. The highest BCUT2D eigenvalue weighted by Gasteiger charge is 2.18. The van der Waals surface area contributed by atoms with Gasteiger partial charge in [-0.2, -0.15) is 0 Å². The zero-order valence-corrected chi connectivity index (χ0v) is 21.3. The monoisotopic (exact) mass is 559 g/mol. The molecule has 31 heavy (non-hydrogen) atoms. The van der Waals surface area contributed by atoms with E-state index in [-0.39, 0.29) is 36.2 Å². The molecule has 170 valence electrons. The molecule has 1 saturated heterocycles. The number of ether oxygens (including phenoxy) is 2. The number of anilines is 1. The Balaban J connectivity index is 0.00000341. The van der Waals surface area contributed by atoms with Gasteiger partial charge in [0.05, 0.1) is 19.3 Å². The van der Waals surface area contributed by atoms with E-state index < -0.39 is 0 Å². The lowest BCUT2D eigenvalue weighted by atomic mass is 10.2. The Hall–Kier alpha value is -1.78. The van der Waals surface area contributed by atoms with Gasteiger partial charge in [0.2, 0.25) is 0 Å². The van der Waals surface area contributed by atoms with Gasteiger partial charge in [0.1, 0.15) is 17.7 Å². The number of pyridine rings is 1. The maximum absolute atomic E-state index is 5.91. The van der Waals surface area contributed by atoms with Gasteiger partial charge in [0.25, 0.3) is 0 Å². The molecule has 2 N–H and O–H groups in total. The van der Waals surface area contributed by atoms with Crippen LogP contribution in [0.2, 0.25) is 5.02 Å². The largest absolute Gasteiger partial charge is 0.489 e. The first-order chi connectivity index (χ1) is 14.5. The molecule has 1 fully saturated rings. The molecule has 1 aliphatic rings. The topological polar surface area (TPSA) is 71.0 Å². The molecule has 0 amide bonds. The molecule has 2 unspecified atom stereocenters. The summed E-state index contributed by atoms with van der Waals surface area (Å²) in [5.74, 6) is 2.50. The van der Waals surface area contributed by atoms with Crippen molar-refractivity contribution in [1.29, 1.82) is 0 Å². The van der Waals surface area contributed by atoms with Crippen molar-refractivity contribution in [2.75, 3.05) is 38.2 Å². The Labute approximate surface area is 206 Å². The fourth-order valence-electron chi connectivity index (χ4n) is 3.20. The Morgan fingerprint density at radius 3 is 2.81 bits per heavy atom. The van der Waals surface area contributed by atoms with Crippen LogP contribution in [0.4, 0.5) is 5.82 Å². The van der Waals surface area contributed by atoms with E-state index in [9.17, 15) is 0 Å². The molecule has 2 atom stereocenters. The van der Waals surface area contributed by atoms with E-state index in [4.69, 9.17) is 21.1 Å². The van der Waals surface area contributed by atoms with Gasteiger partial charge in [-0.3, -0.25) is 4.99 Å². The lowest BCUT2D eigenvalue weighted by Gasteiger charge is -2.32. The fourth-order valence-corrected chi connectivity index (χ4v) is 3.33. The third-order valence-corrected chi connectivity index (χ3v) is 5.02. The number of halogens is 2. The van der Waals surface area contributed by atoms with E-state index in [1.54, 1.807) is 7.05 Å². The molecule has 1 aromatic carbocycles. The number of rotatable bonds is 7. The minimum Gasteiger partial charge on any atom is -0.489 e. The Morgan fingerprint density at radius 1 is 1.32 bits per heavy atom. The summed E-state index contributed by atoms with van der Waals surface area (Å²) in [6.45, 7) is 7.83. The molecule has 7 nitrogen and oxygen atoms in total. The molecule has 1 aliphatic heterocycles. The van der Waals surface area contributed by atoms with Crippen LogP contribution in [0.15, 0.2) is 47.6 Å². The minimum absolute atomic E-state index is 0. The molecule has 3 rings (SSSR count). The van der Waals surface area contributed by atoms with Crippen LogP contribution < -0.4 is 20.3 Å². The number of nitrogens with one attached hydrogen (secondary N) is 2. The SMILES string of the molecule is CN=C(NCc1ccnc(N2CCOC(C)C2)c1)NCC(C)Oc1ccc(Cl)cc1.I. The van der Waals surface area contributed by atoms with Crippen LogP contribution in [0.5, 0.6) is 5.75 Å². The van der Waals surface area contributed by atoms with E-state index in [1.807, 2.05) is 43.5 Å². The van der Waals surface area contributed by atoms with E-state index in [2.05, 4.69) is 38.5 Å². The summed E-state index contributed by atoms with van der Waals surface area (Å²) in [6.07, 6.45) is 2.05. The van der Waals surface area contributed by atoms with Crippen molar-refractivity contribution in [2.45, 2.75) is 32.6 Å². The molecule has 0 radical (unpaired) electrons. The highest BCUT2D eigenvalue weighted by Crippen LogP contribution is 2.17. The molecule has 2 aromatic rings. The molecular formula is C22H31ClIN5O2. The van der Waals surface area contributed by atoms with Crippen molar-refractivity contribution in [2.24, 2.45) is 4.99 Å². The maximum Gasteiger partial charge on any atom is 0.191 e. The van der Waals surface area contributed by atoms with Crippen LogP contribution in [0, 0.1) is 0 Å². The quantitative estimate of drug-likeness (QED) is 0.306. The van der Waals surface area contributed by atoms with Gasteiger partial charge in [-0.1, -0.05) is 11.6 Å². The maximum atomic E-state index is 5.91. The molecule has 2 heterocycles. The van der Waals surface area contributed by atoms with Gasteiger partial charge in [0, 0.05) is 37.9 Å². The van der Waals surface area contributed by atoms with E-state index in [1.165, 1.54) is 0 Å². The van der Waals surface area contributed by atoms with Gasteiger partial charge in [-0.25, -0.2) is 4.98 Å². The standard InChI is InChI=1S/C22H30ClN5O2.HI/c1-16(30-20-6-4-19(23)5-7-20)13-26-22(24-3)27-14-18-8-9-25-21(12-18)28-10-11-29-17(2)15-28;/h4-9,12,16-17H,10-11,13-15H2,1-3H3,(H2,24,26,27);1H. The number of morpholine rings is 1. The molecule has 1 aromatic heterocycles. The van der Waals surface area contributed by atoms with Crippen molar-refractivity contribution >= 4 is 47.4 Å². The second-order valence-electron chi connectivity index (χ2n) is 7.34. The zero-order chi connectivity index (χ0) is 21.3. The van der Waals surface area contributed by atoms with Gasteiger partial charge < -0.3 is 25.0 Å². The number of nitrogens with zero attached hydrogens (tertiary/aromatic N) is 3. The Bertz CT molecular complexity index is 837. The number of hydrogen-bond acceptors (Lipinski definition) is 5. The second-order valence-corrected chi connectivity index (χ2v) is 7.78. The van der Waals surface area contributed by atoms with Crippen LogP contribution in [-0.2, 0) is 11.3 Å². The van der Waals surface area contributed by atoms with Crippen molar-refractivity contribution in [3.8, 4) is 5.75 Å². The number of aromatic nitrogens is 1. The predicted octanol–water partition coefficient (Wildman–Crippen LogP) is 3.71. The first-order valence-corrected chi connectivity index (χ1v) is 10.6. The first-order valence-electron chi connectivity index (χ1n) is 10.2. The lowest BCUT2D eigenvalue weighted by Crippen LogP contribution is -2.42. The minimum atomic E-state index is -0.0273. The van der Waals surface area contributed by atoms with Gasteiger partial charge in [-0.05, 0) is 55.8 Å². The first kappa shape index (κ1) is 25.5. The smallest absolute Gasteiger partial charge is 0.191 e. The lowest BCUT2D eigenvalue weighted by molar-refractivity contribution is 0.0529. The number of hydrogen-bond donors (Lipinski definition) is 2. The summed E-state index contributed by atoms with van der Waals surface area (Å²) in [5.41, 5.74) is 1.15. The fraction of sp³-hybridized carbons (Fsp3) is 0.455. The summed E-state index contributed by atoms with van der Waals surface area (Å²) >= 11 is 5.91. The van der Waals surface area contributed by atoms with Gasteiger partial charge in [-0.15, -0.1) is 24.0 Å². The van der Waals surface area contributed by atoms with Crippen LogP contribution >= 0.6 is 35.6 Å². The number of guanidine groups is 1. The number of benzene rings is 1. The summed E-state index contributed by atoms with van der Waals surface area (Å²) in [4.78, 5) is 11.1. The zero-order valence-electron chi connectivity index (χ0n) is 18.2. The van der Waals surface area contributed by atoms with E-state index in [0.29, 0.717) is 18.1 Å². The summed E-state index contributed by atoms with van der Waals surface area (Å²) in [5, 5.41) is 7.34. The van der Waals surface area contributed by atoms with Crippen LogP contribution in [0.3, 0.4) is 0 Å². The average molecular weight is 560 g/mol. The van der Waals surface area contributed by atoms with Crippen molar-refractivity contribution in [3.63, 3.8) is 0 Å². The van der Waals surface area contributed by atoms with Gasteiger partial charge >= 0.3 is 0 Å². The molecule has 0 saturated carbocycles. The Morgan fingerprint density at radius 2 is 2.10 bits per heavy atom. The van der Waals surface area contributed by atoms with Crippen LogP contribution in [-0.4, -0.2) is 56.4 Å². The summed E-state index contributed by atoms with van der Waals surface area (Å²) in [7, 11) is 1.76. The average Bonchev–Trinajstić information content (AvgIpc) is 2.76. The van der Waals surface area contributed by atoms with Crippen LogP contribution in [0.25, 0.3) is 0 Å². The van der Waals surface area contributed by atoms with E-state index in [0.717, 1.165) is 42.8 Å². The molecule has 0 spiro atoms. The van der Waals surface area contributed by atoms with Crippen molar-refractivity contribution in [3.05, 3.63) is 53.2 Å². The second kappa shape index (κ2) is 12.9. The normalized spacial score (nSPS) is 17.5. The highest BCUT2D eigenvalue weighted by molar-refractivity contribution is 14.0. The summed E-state index contributed by atoms with van der Waals surface area (Å²) in [6, 6.07) is 11.5. The molecule has 0 bridgehead atoms. The highest BCUT2D eigenvalue weighted by atomic mass is 127. The van der Waals surface area contributed by atoms with Crippen molar-refractivity contribution in [1.82, 2.24) is 15.6 Å². The Kier molecular flexibility index (Phi) is 10.6. The third-order valence-electron chi connectivity index (χ3n) is 4.77. The molecule has 9 heteroatoms. The van der Waals surface area contributed by atoms with E-state index >= 15 is 0 Å². The molecule has 0 aliphatic carbocycles. The summed E-state index contributed by atoms with van der Waals surface area (Å²) < 4.78 is 11.5. The number of aliphatic imine (C=N–C) groups is 1. The van der Waals surface area contributed by atoms with Gasteiger partial charge in [0.15, 0.2) is 5.96 Å². The third kappa shape index (κ3) is 8.34.